The van der Waals surface area contributed by atoms with Gasteiger partial charge in [-0.2, -0.15) is 0 Å². The number of halogens is 2. The summed E-state index contributed by atoms with van der Waals surface area (Å²) in [6, 6.07) is 22.2. The zero-order valence-corrected chi connectivity index (χ0v) is 15.5. The lowest BCUT2D eigenvalue weighted by Gasteiger charge is -2.13. The molecule has 0 saturated carbocycles. The van der Waals surface area contributed by atoms with Gasteiger partial charge in [-0.05, 0) is 35.9 Å². The van der Waals surface area contributed by atoms with Gasteiger partial charge >= 0.3 is 0 Å². The van der Waals surface area contributed by atoms with E-state index in [1.807, 2.05) is 48.5 Å². The molecule has 0 aliphatic carbocycles. The Labute approximate surface area is 159 Å². The third-order valence-corrected chi connectivity index (χ3v) is 4.37. The Kier molecular flexibility index (Phi) is 5.74. The van der Waals surface area contributed by atoms with Gasteiger partial charge in [0, 0.05) is 4.47 Å². The highest BCUT2D eigenvalue weighted by molar-refractivity contribution is 9.10. The maximum absolute atomic E-state index is 12.7. The first-order valence-electron chi connectivity index (χ1n) is 7.65. The lowest BCUT2D eigenvalue weighted by Crippen LogP contribution is -2.14. The first-order chi connectivity index (χ1) is 12.1. The van der Waals surface area contributed by atoms with E-state index in [-0.39, 0.29) is 5.91 Å². The van der Waals surface area contributed by atoms with Crippen molar-refractivity contribution in [3.05, 3.63) is 93.4 Å². The van der Waals surface area contributed by atoms with Gasteiger partial charge in [0.05, 0.1) is 16.3 Å². The maximum atomic E-state index is 12.7. The molecular formula is C20H15BrClNO2. The number of hydrogen-bond acceptors (Lipinski definition) is 2. The summed E-state index contributed by atoms with van der Waals surface area (Å²) < 4.78 is 6.65. The number of amides is 1. The second-order valence-electron chi connectivity index (χ2n) is 5.35. The predicted octanol–water partition coefficient (Wildman–Crippen LogP) is 5.93. The van der Waals surface area contributed by atoms with Gasteiger partial charge in [0.1, 0.15) is 12.4 Å². The summed E-state index contributed by atoms with van der Waals surface area (Å²) in [7, 11) is 0. The fourth-order valence-corrected chi connectivity index (χ4v) is 2.84. The molecule has 0 aliphatic rings. The summed E-state index contributed by atoms with van der Waals surface area (Å²) in [6.45, 7) is 0.384. The first kappa shape index (κ1) is 17.5. The van der Waals surface area contributed by atoms with Crippen molar-refractivity contribution in [1.29, 1.82) is 0 Å². The largest absolute Gasteiger partial charge is 0.488 e. The average molecular weight is 417 g/mol. The van der Waals surface area contributed by atoms with E-state index in [0.717, 1.165) is 10.0 Å². The van der Waals surface area contributed by atoms with Crippen molar-refractivity contribution in [2.24, 2.45) is 0 Å². The molecule has 0 radical (unpaired) electrons. The van der Waals surface area contributed by atoms with E-state index in [1.165, 1.54) is 0 Å². The zero-order valence-electron chi connectivity index (χ0n) is 13.2. The standard InChI is InChI=1S/C20H15BrClNO2/c21-15-10-11-19(25-13-14-6-2-1-3-7-14)16(12-15)20(24)23-18-9-5-4-8-17(18)22/h1-12H,13H2,(H,23,24). The Bertz CT molecular complexity index is 884. The first-order valence-corrected chi connectivity index (χ1v) is 8.83. The number of nitrogens with one attached hydrogen (secondary N) is 1. The van der Waals surface area contributed by atoms with Crippen LogP contribution in [0, 0.1) is 0 Å². The third-order valence-electron chi connectivity index (χ3n) is 3.55. The van der Waals surface area contributed by atoms with Gasteiger partial charge in [0.15, 0.2) is 0 Å². The fourth-order valence-electron chi connectivity index (χ4n) is 2.29. The number of carbonyl (C=O) groups is 1. The Morgan fingerprint density at radius 3 is 2.48 bits per heavy atom. The van der Waals surface area contributed by atoms with Crippen LogP contribution in [0.4, 0.5) is 5.69 Å². The van der Waals surface area contributed by atoms with Crippen LogP contribution in [0.2, 0.25) is 5.02 Å². The molecule has 0 atom stereocenters. The summed E-state index contributed by atoms with van der Waals surface area (Å²) in [5.41, 5.74) is 2.02. The number of rotatable bonds is 5. The normalized spacial score (nSPS) is 10.3. The highest BCUT2D eigenvalue weighted by Crippen LogP contribution is 2.27. The van der Waals surface area contributed by atoms with E-state index >= 15 is 0 Å². The van der Waals surface area contributed by atoms with Gasteiger partial charge in [0.2, 0.25) is 0 Å². The quantitative estimate of drug-likeness (QED) is 0.559. The molecule has 0 bridgehead atoms. The van der Waals surface area contributed by atoms with Crippen LogP contribution in [0.1, 0.15) is 15.9 Å². The van der Waals surface area contributed by atoms with E-state index in [0.29, 0.717) is 28.6 Å². The molecule has 3 aromatic rings. The zero-order chi connectivity index (χ0) is 17.6. The van der Waals surface area contributed by atoms with E-state index in [4.69, 9.17) is 16.3 Å². The Morgan fingerprint density at radius 2 is 1.72 bits per heavy atom. The second-order valence-corrected chi connectivity index (χ2v) is 6.67. The van der Waals surface area contributed by atoms with Gasteiger partial charge in [-0.15, -0.1) is 0 Å². The smallest absolute Gasteiger partial charge is 0.259 e. The van der Waals surface area contributed by atoms with Crippen molar-refractivity contribution < 1.29 is 9.53 Å². The number of anilines is 1. The Morgan fingerprint density at radius 1 is 1.00 bits per heavy atom. The van der Waals surface area contributed by atoms with Crippen molar-refractivity contribution in [3.63, 3.8) is 0 Å². The minimum absolute atomic E-state index is 0.280. The van der Waals surface area contributed by atoms with Crippen LogP contribution < -0.4 is 10.1 Å². The van der Waals surface area contributed by atoms with Crippen molar-refractivity contribution in [2.45, 2.75) is 6.61 Å². The van der Waals surface area contributed by atoms with Crippen LogP contribution in [0.3, 0.4) is 0 Å². The maximum Gasteiger partial charge on any atom is 0.259 e. The minimum atomic E-state index is -0.280. The molecule has 3 aromatic carbocycles. The molecular weight excluding hydrogens is 402 g/mol. The monoisotopic (exact) mass is 415 g/mol. The average Bonchev–Trinajstić information content (AvgIpc) is 2.63. The number of benzene rings is 3. The minimum Gasteiger partial charge on any atom is -0.488 e. The molecule has 0 aromatic heterocycles. The van der Waals surface area contributed by atoms with Crippen LogP contribution in [0.5, 0.6) is 5.75 Å². The lowest BCUT2D eigenvalue weighted by atomic mass is 10.1. The molecule has 0 spiro atoms. The van der Waals surface area contributed by atoms with E-state index in [1.54, 1.807) is 24.3 Å². The molecule has 3 nitrogen and oxygen atoms in total. The molecule has 0 aliphatic heterocycles. The molecule has 3 rings (SSSR count). The van der Waals surface area contributed by atoms with Gasteiger partial charge in [-0.1, -0.05) is 70.0 Å². The molecule has 5 heteroatoms. The topological polar surface area (TPSA) is 38.3 Å². The molecule has 1 N–H and O–H groups in total. The second kappa shape index (κ2) is 8.19. The molecule has 1 amide bonds. The fraction of sp³-hybridized carbons (Fsp3) is 0.0500. The summed E-state index contributed by atoms with van der Waals surface area (Å²) in [5, 5.41) is 3.30. The van der Waals surface area contributed by atoms with Crippen molar-refractivity contribution in [2.75, 3.05) is 5.32 Å². The van der Waals surface area contributed by atoms with E-state index < -0.39 is 0 Å². The summed E-state index contributed by atoms with van der Waals surface area (Å²) in [4.78, 5) is 12.7. The van der Waals surface area contributed by atoms with Gasteiger partial charge in [-0.3, -0.25) is 4.79 Å². The van der Waals surface area contributed by atoms with Crippen LogP contribution in [0.15, 0.2) is 77.3 Å². The van der Waals surface area contributed by atoms with Crippen molar-refractivity contribution in [3.8, 4) is 5.75 Å². The summed E-state index contributed by atoms with van der Waals surface area (Å²) in [6.07, 6.45) is 0. The molecule has 0 fully saturated rings. The van der Waals surface area contributed by atoms with Gasteiger partial charge in [-0.25, -0.2) is 0 Å². The van der Waals surface area contributed by atoms with Gasteiger partial charge in [0.25, 0.3) is 5.91 Å². The number of ether oxygens (including phenoxy) is 1. The van der Waals surface area contributed by atoms with Crippen LogP contribution >= 0.6 is 27.5 Å². The molecule has 25 heavy (non-hydrogen) atoms. The Hall–Kier alpha value is -2.30. The Balaban J connectivity index is 1.81. The molecule has 0 heterocycles. The van der Waals surface area contributed by atoms with Crippen molar-refractivity contribution >= 4 is 39.1 Å². The number of hydrogen-bond donors (Lipinski definition) is 1. The number of para-hydroxylation sites is 1. The highest BCUT2D eigenvalue weighted by atomic mass is 79.9. The van der Waals surface area contributed by atoms with Crippen LogP contribution in [-0.2, 0) is 6.61 Å². The molecule has 0 unspecified atom stereocenters. The third kappa shape index (κ3) is 4.62. The lowest BCUT2D eigenvalue weighted by molar-refractivity contribution is 0.102. The van der Waals surface area contributed by atoms with E-state index in [9.17, 15) is 4.79 Å². The van der Waals surface area contributed by atoms with Crippen LogP contribution in [-0.4, -0.2) is 5.91 Å². The van der Waals surface area contributed by atoms with Gasteiger partial charge < -0.3 is 10.1 Å². The molecule has 0 saturated heterocycles. The van der Waals surface area contributed by atoms with Crippen molar-refractivity contribution in [1.82, 2.24) is 0 Å². The SMILES string of the molecule is O=C(Nc1ccccc1Cl)c1cc(Br)ccc1OCc1ccccc1. The van der Waals surface area contributed by atoms with E-state index in [2.05, 4.69) is 21.2 Å². The highest BCUT2D eigenvalue weighted by Gasteiger charge is 2.15. The predicted molar refractivity (Wildman–Crippen MR) is 104 cm³/mol. The molecule has 126 valence electrons. The summed E-state index contributed by atoms with van der Waals surface area (Å²) in [5.74, 6) is 0.231. The summed E-state index contributed by atoms with van der Waals surface area (Å²) >= 11 is 9.51. The van der Waals surface area contributed by atoms with Crippen LogP contribution in [0.25, 0.3) is 0 Å². The number of carbonyl (C=O) groups excluding carboxylic acids is 1.